The van der Waals surface area contributed by atoms with Gasteiger partial charge in [-0.3, -0.25) is 0 Å². The second-order valence-corrected chi connectivity index (χ2v) is 6.15. The molecule has 0 aliphatic carbocycles. The Hall–Kier alpha value is -2.44. The lowest BCUT2D eigenvalue weighted by Crippen LogP contribution is -2.39. The number of hydrogen-bond acceptors (Lipinski definition) is 5. The van der Waals surface area contributed by atoms with Crippen molar-refractivity contribution in [3.63, 3.8) is 0 Å². The molecule has 0 saturated carbocycles. The minimum absolute atomic E-state index is 0.0872. The average Bonchev–Trinajstić information content (AvgIpc) is 3.15. The predicted octanol–water partition coefficient (Wildman–Crippen LogP) is 4.11. The van der Waals surface area contributed by atoms with Gasteiger partial charge in [-0.2, -0.15) is 4.98 Å². The molecular weight excluding hydrogens is 345 g/mol. The molecule has 1 fully saturated rings. The van der Waals surface area contributed by atoms with Crippen LogP contribution in [0.25, 0.3) is 11.5 Å². The molecule has 1 aromatic heterocycles. The van der Waals surface area contributed by atoms with Gasteiger partial charge in [-0.15, -0.1) is 0 Å². The molecule has 2 heterocycles. The van der Waals surface area contributed by atoms with E-state index in [-0.39, 0.29) is 11.1 Å². The van der Waals surface area contributed by atoms with Crippen LogP contribution in [0.3, 0.4) is 0 Å². The molecule has 0 amide bonds. The molecule has 5 nitrogen and oxygen atoms in total. The molecule has 25 heavy (non-hydrogen) atoms. The zero-order valence-corrected chi connectivity index (χ0v) is 14.0. The minimum atomic E-state index is -0.441. The van der Waals surface area contributed by atoms with E-state index in [1.165, 1.54) is 6.07 Å². The van der Waals surface area contributed by atoms with Crippen molar-refractivity contribution in [1.82, 2.24) is 10.1 Å². The summed E-state index contributed by atoms with van der Waals surface area (Å²) in [6.45, 7) is 1.70. The van der Waals surface area contributed by atoms with Gasteiger partial charge in [0, 0.05) is 12.1 Å². The lowest BCUT2D eigenvalue weighted by atomic mass is 10.1. The van der Waals surface area contributed by atoms with Crippen LogP contribution < -0.4 is 4.90 Å². The van der Waals surface area contributed by atoms with Gasteiger partial charge in [-0.05, 0) is 35.0 Å². The summed E-state index contributed by atoms with van der Waals surface area (Å²) in [6, 6.07) is 14.2. The first kappa shape index (κ1) is 16.1. The molecule has 0 spiro atoms. The molecule has 3 aromatic rings. The molecular formula is C18H15ClFN3O2. The van der Waals surface area contributed by atoms with Crippen LogP contribution in [0, 0.1) is 5.82 Å². The highest BCUT2D eigenvalue weighted by Crippen LogP contribution is 2.28. The number of benzene rings is 2. The molecule has 1 aliphatic heterocycles. The van der Waals surface area contributed by atoms with Gasteiger partial charge in [-0.1, -0.05) is 35.9 Å². The van der Waals surface area contributed by atoms with Crippen LogP contribution in [-0.2, 0) is 4.74 Å². The molecule has 0 N–H and O–H groups in total. The second kappa shape index (κ2) is 6.82. The summed E-state index contributed by atoms with van der Waals surface area (Å²) in [4.78, 5) is 6.46. The molecule has 1 aliphatic rings. The summed E-state index contributed by atoms with van der Waals surface area (Å²) in [5, 5.41) is 4.16. The molecule has 1 atom stereocenters. The van der Waals surface area contributed by atoms with Crippen LogP contribution >= 0.6 is 11.6 Å². The van der Waals surface area contributed by atoms with Crippen molar-refractivity contribution in [3.8, 4) is 11.5 Å². The van der Waals surface area contributed by atoms with Crippen molar-refractivity contribution >= 4 is 17.5 Å². The van der Waals surface area contributed by atoms with Gasteiger partial charge >= 0.3 is 0 Å². The molecule has 1 saturated heterocycles. The Morgan fingerprint density at radius 3 is 2.80 bits per heavy atom. The fourth-order valence-electron chi connectivity index (χ4n) is 2.79. The van der Waals surface area contributed by atoms with Crippen LogP contribution in [0.4, 0.5) is 10.3 Å². The summed E-state index contributed by atoms with van der Waals surface area (Å²) >= 11 is 5.87. The Balaban J connectivity index is 1.53. The quantitative estimate of drug-likeness (QED) is 0.704. The van der Waals surface area contributed by atoms with Gasteiger partial charge in [0.15, 0.2) is 0 Å². The smallest absolute Gasteiger partial charge is 0.266 e. The van der Waals surface area contributed by atoms with Crippen molar-refractivity contribution in [2.45, 2.75) is 6.10 Å². The molecule has 4 rings (SSSR count). The zero-order valence-electron chi connectivity index (χ0n) is 13.2. The van der Waals surface area contributed by atoms with Gasteiger partial charge in [0.2, 0.25) is 0 Å². The maximum atomic E-state index is 13.4. The van der Waals surface area contributed by atoms with E-state index in [0.29, 0.717) is 31.5 Å². The fraction of sp³-hybridized carbons (Fsp3) is 0.222. The van der Waals surface area contributed by atoms with E-state index in [2.05, 4.69) is 10.1 Å². The van der Waals surface area contributed by atoms with Crippen molar-refractivity contribution in [2.75, 3.05) is 24.6 Å². The number of aromatic nitrogens is 2. The minimum Gasteiger partial charge on any atom is -0.370 e. The lowest BCUT2D eigenvalue weighted by molar-refractivity contribution is 0.0390. The van der Waals surface area contributed by atoms with Crippen LogP contribution in [0.2, 0.25) is 5.02 Å². The van der Waals surface area contributed by atoms with E-state index in [1.54, 1.807) is 12.1 Å². The Morgan fingerprint density at radius 1 is 1.16 bits per heavy atom. The van der Waals surface area contributed by atoms with E-state index >= 15 is 0 Å². The second-order valence-electron chi connectivity index (χ2n) is 5.74. The van der Waals surface area contributed by atoms with Crippen LogP contribution in [0.15, 0.2) is 53.1 Å². The van der Waals surface area contributed by atoms with E-state index in [9.17, 15) is 4.39 Å². The van der Waals surface area contributed by atoms with Crippen LogP contribution in [0.5, 0.6) is 0 Å². The lowest BCUT2D eigenvalue weighted by Gasteiger charge is -2.32. The summed E-state index contributed by atoms with van der Waals surface area (Å²) in [7, 11) is 0. The number of ether oxygens (including phenoxy) is 1. The highest BCUT2D eigenvalue weighted by atomic mass is 35.5. The number of hydrogen-bond donors (Lipinski definition) is 0. The Labute approximate surface area is 149 Å². The highest BCUT2D eigenvalue weighted by molar-refractivity contribution is 6.30. The number of anilines is 1. The fourth-order valence-corrected chi connectivity index (χ4v) is 2.98. The van der Waals surface area contributed by atoms with E-state index in [0.717, 1.165) is 11.1 Å². The van der Waals surface area contributed by atoms with E-state index in [4.69, 9.17) is 20.9 Å². The van der Waals surface area contributed by atoms with Gasteiger partial charge < -0.3 is 14.2 Å². The van der Waals surface area contributed by atoms with Crippen molar-refractivity contribution in [1.29, 1.82) is 0 Å². The summed E-state index contributed by atoms with van der Waals surface area (Å²) < 4.78 is 24.5. The van der Waals surface area contributed by atoms with Crippen molar-refractivity contribution in [3.05, 3.63) is 64.9 Å². The summed E-state index contributed by atoms with van der Waals surface area (Å²) in [6.07, 6.45) is -0.231. The SMILES string of the molecule is Fc1ccc(C2CN(c3noc(-c4ccccc4)n3)CCO2)cc1Cl. The highest BCUT2D eigenvalue weighted by Gasteiger charge is 2.26. The molecule has 1 unspecified atom stereocenters. The molecule has 2 aromatic carbocycles. The maximum Gasteiger partial charge on any atom is 0.266 e. The summed E-state index contributed by atoms with van der Waals surface area (Å²) in [5.41, 5.74) is 1.69. The zero-order chi connectivity index (χ0) is 17.2. The van der Waals surface area contributed by atoms with Gasteiger partial charge in [0.25, 0.3) is 11.8 Å². The standard InChI is InChI=1S/C18H15ClFN3O2/c19-14-10-13(6-7-15(14)20)16-11-23(8-9-24-16)18-21-17(25-22-18)12-4-2-1-3-5-12/h1-7,10,16H,8-9,11H2. The number of rotatable bonds is 3. The number of halogens is 2. The van der Waals surface area contributed by atoms with Gasteiger partial charge in [0.1, 0.15) is 11.9 Å². The van der Waals surface area contributed by atoms with Gasteiger partial charge in [-0.25, -0.2) is 4.39 Å². The first-order valence-corrected chi connectivity index (χ1v) is 8.29. The Kier molecular flexibility index (Phi) is 4.38. The first-order valence-electron chi connectivity index (χ1n) is 7.91. The molecule has 0 bridgehead atoms. The summed E-state index contributed by atoms with van der Waals surface area (Å²) in [5.74, 6) is 0.549. The Bertz CT molecular complexity index is 872. The third-order valence-corrected chi connectivity index (χ3v) is 4.39. The van der Waals surface area contributed by atoms with Crippen molar-refractivity contribution in [2.24, 2.45) is 0 Å². The maximum absolute atomic E-state index is 13.4. The third kappa shape index (κ3) is 3.36. The molecule has 128 valence electrons. The largest absolute Gasteiger partial charge is 0.370 e. The van der Waals surface area contributed by atoms with Crippen LogP contribution in [0.1, 0.15) is 11.7 Å². The monoisotopic (exact) mass is 359 g/mol. The van der Waals surface area contributed by atoms with E-state index < -0.39 is 5.82 Å². The van der Waals surface area contributed by atoms with Crippen molar-refractivity contribution < 1.29 is 13.7 Å². The molecule has 7 heteroatoms. The Morgan fingerprint density at radius 2 is 2.00 bits per heavy atom. The van der Waals surface area contributed by atoms with Gasteiger partial charge in [0.05, 0.1) is 18.2 Å². The topological polar surface area (TPSA) is 51.4 Å². The number of morpholine rings is 1. The number of nitrogens with zero attached hydrogens (tertiary/aromatic N) is 3. The van der Waals surface area contributed by atoms with E-state index in [1.807, 2.05) is 35.2 Å². The van der Waals surface area contributed by atoms with Crippen LogP contribution in [-0.4, -0.2) is 29.8 Å². The normalized spacial score (nSPS) is 17.7. The molecule has 0 radical (unpaired) electrons. The first-order chi connectivity index (χ1) is 12.2. The predicted molar refractivity (Wildman–Crippen MR) is 92.1 cm³/mol. The third-order valence-electron chi connectivity index (χ3n) is 4.10. The average molecular weight is 360 g/mol.